The van der Waals surface area contributed by atoms with Crippen LogP contribution in [0, 0.1) is 6.92 Å². The summed E-state index contributed by atoms with van der Waals surface area (Å²) in [5.41, 5.74) is 2.17. The van der Waals surface area contributed by atoms with Crippen LogP contribution in [0.5, 0.6) is 0 Å². The van der Waals surface area contributed by atoms with Crippen molar-refractivity contribution in [3.05, 3.63) is 34.3 Å². The van der Waals surface area contributed by atoms with Crippen molar-refractivity contribution in [3.63, 3.8) is 0 Å². The van der Waals surface area contributed by atoms with Crippen LogP contribution in [-0.4, -0.2) is 23.2 Å². The number of thioether (sulfide) groups is 1. The van der Waals surface area contributed by atoms with Gasteiger partial charge in [0.05, 0.1) is 0 Å². The zero-order chi connectivity index (χ0) is 14.3. The van der Waals surface area contributed by atoms with Crippen molar-refractivity contribution in [3.8, 4) is 0 Å². The zero-order valence-corrected chi connectivity index (χ0v) is 13.5. The molecule has 0 aliphatic carbocycles. The molecule has 0 aliphatic rings. The molecule has 19 heavy (non-hydrogen) atoms. The topological polar surface area (TPSA) is 20.3 Å². The van der Waals surface area contributed by atoms with Crippen molar-refractivity contribution in [1.29, 1.82) is 0 Å². The summed E-state index contributed by atoms with van der Waals surface area (Å²) < 4.78 is 0. The van der Waals surface area contributed by atoms with E-state index in [-0.39, 0.29) is 5.24 Å². The Balaban J connectivity index is 2.54. The van der Waals surface area contributed by atoms with Crippen molar-refractivity contribution >= 4 is 28.6 Å². The first-order valence-electron chi connectivity index (χ1n) is 6.75. The first kappa shape index (κ1) is 16.4. The normalized spacial score (nSPS) is 10.5. The predicted molar refractivity (Wildman–Crippen MR) is 85.0 cm³/mol. The predicted octanol–water partition coefficient (Wildman–Crippen LogP) is 5.12. The molecule has 2 nitrogen and oxygen atoms in total. The number of halogens is 1. The second-order valence-electron chi connectivity index (χ2n) is 4.63. The van der Waals surface area contributed by atoms with Crippen LogP contribution in [0.15, 0.2) is 18.2 Å². The molecule has 0 spiro atoms. The van der Waals surface area contributed by atoms with Crippen molar-refractivity contribution in [2.75, 3.05) is 13.1 Å². The molecule has 0 N–H and O–H groups in total. The minimum Gasteiger partial charge on any atom is -0.334 e. The zero-order valence-electron chi connectivity index (χ0n) is 11.9. The molecule has 1 amide bonds. The number of nitrogens with zero attached hydrogens (tertiary/aromatic N) is 1. The molecule has 0 atom stereocenters. The average Bonchev–Trinajstić information content (AvgIpc) is 2.39. The molecule has 0 unspecified atom stereocenters. The van der Waals surface area contributed by atoms with Gasteiger partial charge in [0.25, 0.3) is 5.24 Å². The maximum absolute atomic E-state index is 12.1. The lowest BCUT2D eigenvalue weighted by atomic mass is 10.2. The fourth-order valence-electron chi connectivity index (χ4n) is 1.80. The third kappa shape index (κ3) is 5.45. The third-order valence-corrected chi connectivity index (χ3v) is 4.23. The van der Waals surface area contributed by atoms with Gasteiger partial charge in [-0.25, -0.2) is 0 Å². The van der Waals surface area contributed by atoms with E-state index in [1.807, 2.05) is 30.0 Å². The van der Waals surface area contributed by atoms with Gasteiger partial charge in [0.2, 0.25) is 0 Å². The van der Waals surface area contributed by atoms with Crippen molar-refractivity contribution in [2.24, 2.45) is 0 Å². The molecule has 0 radical (unpaired) electrons. The number of carbonyl (C=O) groups excluding carboxylic acids is 1. The quantitative estimate of drug-likeness (QED) is 0.726. The Labute approximate surface area is 125 Å². The second kappa shape index (κ2) is 8.49. The van der Waals surface area contributed by atoms with E-state index in [9.17, 15) is 4.79 Å². The van der Waals surface area contributed by atoms with E-state index in [0.29, 0.717) is 5.75 Å². The summed E-state index contributed by atoms with van der Waals surface area (Å²) in [6.07, 6.45) is 2.01. The van der Waals surface area contributed by atoms with E-state index >= 15 is 0 Å². The van der Waals surface area contributed by atoms with Crippen LogP contribution in [-0.2, 0) is 5.75 Å². The highest BCUT2D eigenvalue weighted by molar-refractivity contribution is 8.12. The number of hydrogen-bond acceptors (Lipinski definition) is 2. The van der Waals surface area contributed by atoms with Crippen molar-refractivity contribution in [2.45, 2.75) is 39.4 Å². The number of benzene rings is 1. The number of aryl methyl sites for hydroxylation is 1. The first-order chi connectivity index (χ1) is 9.08. The van der Waals surface area contributed by atoms with E-state index in [2.05, 4.69) is 13.8 Å². The van der Waals surface area contributed by atoms with Crippen LogP contribution in [0.2, 0.25) is 5.02 Å². The number of hydrogen-bond donors (Lipinski definition) is 0. The fraction of sp³-hybridized carbons (Fsp3) is 0.533. The second-order valence-corrected chi connectivity index (χ2v) is 5.96. The maximum atomic E-state index is 12.1. The number of amides is 1. The Morgan fingerprint density at radius 2 is 1.89 bits per heavy atom. The van der Waals surface area contributed by atoms with Gasteiger partial charge in [-0.3, -0.25) is 4.79 Å². The van der Waals surface area contributed by atoms with Gasteiger partial charge in [0.15, 0.2) is 0 Å². The SMILES string of the molecule is CCCN(CCC)C(=O)SCc1ccc(C)c(Cl)c1. The van der Waals surface area contributed by atoms with E-state index < -0.39 is 0 Å². The van der Waals surface area contributed by atoms with Gasteiger partial charge in [-0.2, -0.15) is 0 Å². The van der Waals surface area contributed by atoms with Gasteiger partial charge in [0, 0.05) is 23.9 Å². The van der Waals surface area contributed by atoms with Gasteiger partial charge in [-0.1, -0.05) is 49.3 Å². The molecule has 1 aromatic carbocycles. The van der Waals surface area contributed by atoms with E-state index in [4.69, 9.17) is 11.6 Å². The molecular weight excluding hydrogens is 278 g/mol. The van der Waals surface area contributed by atoms with Crippen molar-refractivity contribution in [1.82, 2.24) is 4.90 Å². The molecular formula is C15H22ClNOS. The van der Waals surface area contributed by atoms with Crippen LogP contribution in [0.1, 0.15) is 37.8 Å². The van der Waals surface area contributed by atoms with Gasteiger partial charge in [-0.15, -0.1) is 0 Å². The Kier molecular flexibility index (Phi) is 7.32. The Morgan fingerprint density at radius 3 is 2.42 bits per heavy atom. The van der Waals surface area contributed by atoms with E-state index in [1.165, 1.54) is 11.8 Å². The van der Waals surface area contributed by atoms with Crippen molar-refractivity contribution < 1.29 is 4.79 Å². The van der Waals surface area contributed by atoms with E-state index in [0.717, 1.165) is 42.1 Å². The van der Waals surface area contributed by atoms with Gasteiger partial charge >= 0.3 is 0 Å². The Bertz CT molecular complexity index is 417. The highest BCUT2D eigenvalue weighted by Gasteiger charge is 2.12. The smallest absolute Gasteiger partial charge is 0.281 e. The summed E-state index contributed by atoms with van der Waals surface area (Å²) in [4.78, 5) is 14.0. The van der Waals surface area contributed by atoms with E-state index in [1.54, 1.807) is 0 Å². The molecule has 0 aliphatic heterocycles. The highest BCUT2D eigenvalue weighted by Crippen LogP contribution is 2.22. The monoisotopic (exact) mass is 299 g/mol. The summed E-state index contributed by atoms with van der Waals surface area (Å²) >= 11 is 7.45. The summed E-state index contributed by atoms with van der Waals surface area (Å²) in [5, 5.41) is 0.935. The van der Waals surface area contributed by atoms with Gasteiger partial charge in [0.1, 0.15) is 0 Å². The highest BCUT2D eigenvalue weighted by atomic mass is 35.5. The summed E-state index contributed by atoms with van der Waals surface area (Å²) in [6.45, 7) is 7.86. The number of carbonyl (C=O) groups is 1. The van der Waals surface area contributed by atoms with Gasteiger partial charge < -0.3 is 4.90 Å². The number of rotatable bonds is 6. The lowest BCUT2D eigenvalue weighted by Gasteiger charge is -2.20. The lowest BCUT2D eigenvalue weighted by molar-refractivity contribution is 0.223. The van der Waals surface area contributed by atoms with Crippen LogP contribution in [0.25, 0.3) is 0 Å². The largest absolute Gasteiger partial charge is 0.334 e. The maximum Gasteiger partial charge on any atom is 0.281 e. The summed E-state index contributed by atoms with van der Waals surface area (Å²) in [7, 11) is 0. The molecule has 106 valence electrons. The first-order valence-corrected chi connectivity index (χ1v) is 8.11. The minimum absolute atomic E-state index is 0.167. The van der Waals surface area contributed by atoms with Crippen LogP contribution >= 0.6 is 23.4 Å². The molecule has 0 bridgehead atoms. The Morgan fingerprint density at radius 1 is 1.26 bits per heavy atom. The molecule has 0 saturated heterocycles. The fourth-order valence-corrected chi connectivity index (χ4v) is 2.83. The molecule has 1 aromatic rings. The molecule has 4 heteroatoms. The van der Waals surface area contributed by atoms with Crippen LogP contribution in [0.3, 0.4) is 0 Å². The molecule has 0 fully saturated rings. The summed E-state index contributed by atoms with van der Waals surface area (Å²) in [5.74, 6) is 0.683. The molecule has 1 rings (SSSR count). The molecule has 0 heterocycles. The minimum atomic E-state index is 0.167. The third-order valence-electron chi connectivity index (χ3n) is 2.84. The average molecular weight is 300 g/mol. The standard InChI is InChI=1S/C15H22ClNOS/c1-4-8-17(9-5-2)15(18)19-11-13-7-6-12(3)14(16)10-13/h6-7,10H,4-5,8-9,11H2,1-3H3. The van der Waals surface area contributed by atoms with Gasteiger partial charge in [-0.05, 0) is 37.0 Å². The van der Waals surface area contributed by atoms with Crippen LogP contribution < -0.4 is 0 Å². The molecule has 0 aromatic heterocycles. The van der Waals surface area contributed by atoms with Crippen LogP contribution in [0.4, 0.5) is 4.79 Å². The lowest BCUT2D eigenvalue weighted by Crippen LogP contribution is -2.29. The molecule has 0 saturated carbocycles. The Hall–Kier alpha value is -0.670. The summed E-state index contributed by atoms with van der Waals surface area (Å²) in [6, 6.07) is 5.98.